The number of ketones is 1. The minimum atomic E-state index is -0.688. The van der Waals surface area contributed by atoms with Gasteiger partial charge in [-0.3, -0.25) is 9.69 Å². The van der Waals surface area contributed by atoms with E-state index in [-0.39, 0.29) is 17.7 Å². The number of ether oxygens (including phenoxy) is 2. The number of hydrogen-bond acceptors (Lipinski definition) is 8. The lowest BCUT2D eigenvalue weighted by molar-refractivity contribution is 0.103. The average molecular weight is 454 g/mol. The van der Waals surface area contributed by atoms with Crippen LogP contribution in [0, 0.1) is 0 Å². The topological polar surface area (TPSA) is 116 Å². The number of carbonyl (C=O) groups is 1. The fraction of sp³-hybridized carbons (Fsp3) is 0.348. The number of halogens is 1. The molecule has 0 bridgehead atoms. The maximum Gasteiger partial charge on any atom is 0.220 e. The highest BCUT2D eigenvalue weighted by atomic mass is 35.5. The zero-order valence-electron chi connectivity index (χ0n) is 17.5. The molecule has 0 radical (unpaired) electrons. The minimum absolute atomic E-state index is 0.156. The van der Waals surface area contributed by atoms with Crippen LogP contribution in [0.5, 0.6) is 11.5 Å². The van der Waals surface area contributed by atoms with Gasteiger partial charge in [-0.05, 0) is 56.0 Å². The number of nitrogens with zero attached hydrogens (tertiary/aromatic N) is 3. The summed E-state index contributed by atoms with van der Waals surface area (Å²) < 4.78 is 11.6. The Morgan fingerprint density at radius 3 is 2.34 bits per heavy atom. The van der Waals surface area contributed by atoms with Crippen molar-refractivity contribution in [2.24, 2.45) is 21.5 Å². The normalized spacial score (nSPS) is 19.3. The van der Waals surface area contributed by atoms with Crippen molar-refractivity contribution in [2.75, 3.05) is 18.1 Å². The molecule has 1 aliphatic carbocycles. The van der Waals surface area contributed by atoms with Crippen molar-refractivity contribution >= 4 is 35.0 Å². The third-order valence-electron chi connectivity index (χ3n) is 6.10. The van der Waals surface area contributed by atoms with E-state index >= 15 is 0 Å². The fourth-order valence-electron chi connectivity index (χ4n) is 4.67. The summed E-state index contributed by atoms with van der Waals surface area (Å²) in [6.45, 7) is 0.843. The Morgan fingerprint density at radius 2 is 1.66 bits per heavy atom. The molecule has 32 heavy (non-hydrogen) atoms. The number of aliphatic imine (C=N–C) groups is 2. The Balaban J connectivity index is 1.69. The van der Waals surface area contributed by atoms with Crippen LogP contribution in [0.4, 0.5) is 5.69 Å². The highest BCUT2D eigenvalue weighted by Crippen LogP contribution is 2.44. The third-order valence-corrected chi connectivity index (χ3v) is 6.36. The van der Waals surface area contributed by atoms with Gasteiger partial charge in [0.25, 0.3) is 0 Å². The second kappa shape index (κ2) is 8.02. The van der Waals surface area contributed by atoms with Crippen LogP contribution in [0.2, 0.25) is 5.02 Å². The van der Waals surface area contributed by atoms with E-state index in [1.807, 2.05) is 4.90 Å². The van der Waals surface area contributed by atoms with Gasteiger partial charge in [-0.2, -0.15) is 4.99 Å². The highest BCUT2D eigenvalue weighted by molar-refractivity contribution is 6.30. The fourth-order valence-corrected chi connectivity index (χ4v) is 4.80. The van der Waals surface area contributed by atoms with Crippen molar-refractivity contribution in [2.45, 2.75) is 37.8 Å². The lowest BCUT2D eigenvalue weighted by Gasteiger charge is -2.46. The van der Waals surface area contributed by atoms with Crippen LogP contribution in [-0.2, 0) is 0 Å². The van der Waals surface area contributed by atoms with E-state index in [0.29, 0.717) is 46.5 Å². The summed E-state index contributed by atoms with van der Waals surface area (Å²) in [5.41, 5.74) is 13.3. The number of guanidine groups is 2. The van der Waals surface area contributed by atoms with E-state index in [1.54, 1.807) is 36.4 Å². The number of benzene rings is 2. The van der Waals surface area contributed by atoms with Gasteiger partial charge in [0.1, 0.15) is 18.9 Å². The summed E-state index contributed by atoms with van der Waals surface area (Å²) >= 11 is 6.03. The van der Waals surface area contributed by atoms with Gasteiger partial charge in [-0.25, -0.2) is 4.99 Å². The molecule has 0 atom stereocenters. The molecule has 2 aromatic rings. The molecule has 9 heteroatoms. The van der Waals surface area contributed by atoms with Crippen molar-refractivity contribution in [1.82, 2.24) is 0 Å². The second-order valence-corrected chi connectivity index (χ2v) is 8.60. The molecule has 0 amide bonds. The number of hydrogen-bond donors (Lipinski definition) is 2. The Kier molecular flexibility index (Phi) is 5.17. The van der Waals surface area contributed by atoms with Gasteiger partial charge in [0, 0.05) is 16.7 Å². The molecule has 3 aliphatic rings. The van der Waals surface area contributed by atoms with Crippen molar-refractivity contribution in [1.29, 1.82) is 0 Å². The van der Waals surface area contributed by atoms with Crippen LogP contribution in [0.3, 0.4) is 0 Å². The zero-order valence-corrected chi connectivity index (χ0v) is 18.3. The van der Waals surface area contributed by atoms with Crippen LogP contribution in [0.15, 0.2) is 46.4 Å². The highest BCUT2D eigenvalue weighted by Gasteiger charge is 2.44. The van der Waals surface area contributed by atoms with Gasteiger partial charge in [0.05, 0.1) is 11.3 Å². The quantitative estimate of drug-likeness (QED) is 0.687. The first-order chi connectivity index (χ1) is 15.5. The van der Waals surface area contributed by atoms with Crippen molar-refractivity contribution in [3.63, 3.8) is 0 Å². The third kappa shape index (κ3) is 3.54. The van der Waals surface area contributed by atoms with Gasteiger partial charge >= 0.3 is 0 Å². The summed E-state index contributed by atoms with van der Waals surface area (Å²) in [5.74, 6) is 1.26. The molecule has 2 aromatic carbocycles. The number of anilines is 1. The summed E-state index contributed by atoms with van der Waals surface area (Å²) in [5, 5.41) is 0.558. The molecule has 0 saturated heterocycles. The summed E-state index contributed by atoms with van der Waals surface area (Å²) in [4.78, 5) is 24.5. The Morgan fingerprint density at radius 1 is 1.00 bits per heavy atom. The van der Waals surface area contributed by atoms with Gasteiger partial charge < -0.3 is 20.9 Å². The lowest BCUT2D eigenvalue weighted by atomic mass is 9.86. The van der Waals surface area contributed by atoms with E-state index in [9.17, 15) is 4.79 Å². The van der Waals surface area contributed by atoms with Crippen LogP contribution >= 0.6 is 11.6 Å². The van der Waals surface area contributed by atoms with Gasteiger partial charge in [0.15, 0.2) is 17.3 Å². The molecule has 4 N–H and O–H groups in total. The van der Waals surface area contributed by atoms with Gasteiger partial charge in [-0.15, -0.1) is 0 Å². The first kappa shape index (κ1) is 20.6. The van der Waals surface area contributed by atoms with E-state index in [0.717, 1.165) is 32.1 Å². The first-order valence-corrected chi connectivity index (χ1v) is 11.1. The zero-order chi connectivity index (χ0) is 22.3. The van der Waals surface area contributed by atoms with Gasteiger partial charge in [0.2, 0.25) is 11.9 Å². The number of nitrogens with two attached hydrogens (primary N) is 2. The van der Waals surface area contributed by atoms with Crippen molar-refractivity contribution in [3.05, 3.63) is 52.5 Å². The van der Waals surface area contributed by atoms with Crippen LogP contribution in [0.25, 0.3) is 0 Å². The minimum Gasteiger partial charge on any atom is -0.486 e. The molecule has 1 saturated carbocycles. The van der Waals surface area contributed by atoms with Crippen molar-refractivity contribution in [3.8, 4) is 11.5 Å². The predicted octanol–water partition coefficient (Wildman–Crippen LogP) is 3.45. The van der Waals surface area contributed by atoms with Crippen LogP contribution in [0.1, 0.15) is 48.0 Å². The molecule has 1 spiro atoms. The number of fused-ring (bicyclic) bond motifs is 1. The smallest absolute Gasteiger partial charge is 0.220 e. The first-order valence-electron chi connectivity index (χ1n) is 10.7. The standard InChI is InChI=1S/C23H24ClN5O3/c24-15-6-4-14(5-7-15)20(30)16-12-18-19(32-11-10-31-18)13-17(16)29-22(26)27-21(25)28-23(29)8-2-1-3-9-23/h4-7,12-13H,1-3,8-11H2,(H4,25,26,27,28). The molecule has 5 rings (SSSR count). The molecule has 166 valence electrons. The van der Waals surface area contributed by atoms with E-state index in [2.05, 4.69) is 4.99 Å². The summed E-state index contributed by atoms with van der Waals surface area (Å²) in [6, 6.07) is 10.3. The van der Waals surface area contributed by atoms with Crippen LogP contribution in [-0.4, -0.2) is 36.6 Å². The van der Waals surface area contributed by atoms with Crippen molar-refractivity contribution < 1.29 is 14.3 Å². The second-order valence-electron chi connectivity index (χ2n) is 8.17. The van der Waals surface area contributed by atoms with E-state index in [4.69, 9.17) is 37.5 Å². The molecule has 0 aromatic heterocycles. The molecule has 8 nitrogen and oxygen atoms in total. The molecular formula is C23H24ClN5O3. The Hall–Kier alpha value is -3.26. The van der Waals surface area contributed by atoms with Gasteiger partial charge in [-0.1, -0.05) is 18.0 Å². The molecule has 1 fully saturated rings. The molecule has 2 aliphatic heterocycles. The monoisotopic (exact) mass is 453 g/mol. The lowest BCUT2D eigenvalue weighted by Crippen LogP contribution is -2.58. The summed E-state index contributed by atoms with van der Waals surface area (Å²) in [7, 11) is 0. The maximum atomic E-state index is 13.6. The van der Waals surface area contributed by atoms with E-state index < -0.39 is 5.66 Å². The Bertz CT molecular complexity index is 1120. The molecular weight excluding hydrogens is 430 g/mol. The largest absolute Gasteiger partial charge is 0.486 e. The number of carbonyl (C=O) groups excluding carboxylic acids is 1. The molecule has 2 heterocycles. The predicted molar refractivity (Wildman–Crippen MR) is 124 cm³/mol. The summed E-state index contributed by atoms with van der Waals surface area (Å²) in [6.07, 6.45) is 4.58. The maximum absolute atomic E-state index is 13.6. The average Bonchev–Trinajstić information content (AvgIpc) is 2.78. The van der Waals surface area contributed by atoms with Crippen LogP contribution < -0.4 is 25.8 Å². The number of rotatable bonds is 3. The SMILES string of the molecule is NC1=NC2(CCCCC2)N(c2cc3c(cc2C(=O)c2ccc(Cl)cc2)OCCO3)C(N)=N1. The molecule has 0 unspecified atom stereocenters. The van der Waals surface area contributed by atoms with E-state index in [1.165, 1.54) is 0 Å². The Labute approximate surface area is 190 Å².